The number of carbonyl (C=O) groups excluding carboxylic acids is 1. The molecule has 36 heavy (non-hydrogen) atoms. The third-order valence-corrected chi connectivity index (χ3v) is 7.02. The Bertz CT molecular complexity index is 1170. The van der Waals surface area contributed by atoms with Crippen LogP contribution in [0.25, 0.3) is 11.1 Å². The van der Waals surface area contributed by atoms with E-state index in [1.807, 2.05) is 13.0 Å². The largest absolute Gasteiger partial charge is 0.493 e. The molecule has 0 bridgehead atoms. The van der Waals surface area contributed by atoms with Crippen molar-refractivity contribution in [2.45, 2.75) is 40.2 Å². The van der Waals surface area contributed by atoms with Crippen LogP contribution in [0.4, 0.5) is 0 Å². The van der Waals surface area contributed by atoms with E-state index in [2.05, 4.69) is 6.92 Å². The molecular weight excluding hydrogens is 464 g/mol. The van der Waals surface area contributed by atoms with E-state index in [0.717, 1.165) is 5.56 Å². The van der Waals surface area contributed by atoms with E-state index in [9.17, 15) is 9.90 Å². The monoisotopic (exact) mass is 500 g/mol. The highest BCUT2D eigenvalue weighted by molar-refractivity contribution is 5.94. The van der Waals surface area contributed by atoms with Crippen LogP contribution in [0.1, 0.15) is 44.9 Å². The third-order valence-electron chi connectivity index (χ3n) is 7.02. The summed E-state index contributed by atoms with van der Waals surface area (Å²) in [7, 11) is 7.58. The van der Waals surface area contributed by atoms with Crippen molar-refractivity contribution < 1.29 is 38.3 Å². The molecule has 8 heteroatoms. The lowest BCUT2D eigenvalue weighted by Crippen LogP contribution is -2.23. The topological polar surface area (TPSA) is 92.7 Å². The second kappa shape index (κ2) is 11.1. The molecule has 0 spiro atoms. The summed E-state index contributed by atoms with van der Waals surface area (Å²) in [5, 5.41) is 11.5. The van der Waals surface area contributed by atoms with Gasteiger partial charge in [0.25, 0.3) is 0 Å². The number of fused-ring (bicyclic) bond motifs is 3. The van der Waals surface area contributed by atoms with Gasteiger partial charge in [-0.15, -0.1) is 0 Å². The van der Waals surface area contributed by atoms with Gasteiger partial charge < -0.3 is 33.5 Å². The van der Waals surface area contributed by atoms with Crippen molar-refractivity contribution in [2.24, 2.45) is 11.8 Å². The summed E-state index contributed by atoms with van der Waals surface area (Å²) in [5.41, 5.74) is 2.96. The number of rotatable bonds is 7. The van der Waals surface area contributed by atoms with Gasteiger partial charge in [-0.1, -0.05) is 19.9 Å². The highest BCUT2D eigenvalue weighted by Crippen LogP contribution is 2.57. The van der Waals surface area contributed by atoms with E-state index >= 15 is 0 Å². The molecule has 0 saturated carbocycles. The van der Waals surface area contributed by atoms with Crippen LogP contribution in [0.2, 0.25) is 0 Å². The number of hydrogen-bond donors (Lipinski definition) is 1. The Hall–Kier alpha value is -3.39. The molecule has 0 fully saturated rings. The van der Waals surface area contributed by atoms with Crippen LogP contribution in [-0.4, -0.2) is 46.6 Å². The van der Waals surface area contributed by atoms with Crippen molar-refractivity contribution in [1.29, 1.82) is 0 Å². The second-order valence-electron chi connectivity index (χ2n) is 8.93. The summed E-state index contributed by atoms with van der Waals surface area (Å²) in [6.45, 7) is 7.52. The SMILES string of the molecule is C/C=C(/C)C(=O)Oc1c(OC)c(OC)cc2c1-c1c(cc(OC)c(OC)c1OC)[C@@H](O)[C@H](C)[C@@H](C)C2. The molecule has 2 aromatic carbocycles. The molecule has 0 amide bonds. The van der Waals surface area contributed by atoms with Gasteiger partial charge in [0.05, 0.1) is 41.7 Å². The number of allylic oxidation sites excluding steroid dienone is 1. The van der Waals surface area contributed by atoms with Gasteiger partial charge in [0.15, 0.2) is 23.0 Å². The van der Waals surface area contributed by atoms with Gasteiger partial charge >= 0.3 is 5.97 Å². The molecular formula is C28H36O8. The maximum Gasteiger partial charge on any atom is 0.338 e. The first-order chi connectivity index (χ1) is 17.2. The molecule has 0 aliphatic heterocycles. The van der Waals surface area contributed by atoms with Gasteiger partial charge in [-0.2, -0.15) is 0 Å². The number of benzene rings is 2. The number of ether oxygens (including phenoxy) is 6. The van der Waals surface area contributed by atoms with Crippen LogP contribution in [0.15, 0.2) is 23.8 Å². The molecule has 0 saturated heterocycles. The molecule has 0 radical (unpaired) electrons. The number of aliphatic hydroxyl groups is 1. The van der Waals surface area contributed by atoms with Gasteiger partial charge in [0.1, 0.15) is 0 Å². The number of hydrogen-bond acceptors (Lipinski definition) is 8. The Morgan fingerprint density at radius 1 is 0.861 bits per heavy atom. The highest BCUT2D eigenvalue weighted by atomic mass is 16.6. The van der Waals surface area contributed by atoms with Gasteiger partial charge in [0.2, 0.25) is 11.5 Å². The lowest BCUT2D eigenvalue weighted by molar-refractivity contribution is -0.130. The molecule has 1 aliphatic rings. The zero-order valence-electron chi connectivity index (χ0n) is 22.5. The summed E-state index contributed by atoms with van der Waals surface area (Å²) in [4.78, 5) is 13.0. The van der Waals surface area contributed by atoms with E-state index in [1.165, 1.54) is 35.5 Å². The van der Waals surface area contributed by atoms with Crippen LogP contribution in [0.5, 0.6) is 34.5 Å². The van der Waals surface area contributed by atoms with Crippen LogP contribution < -0.4 is 28.4 Å². The minimum absolute atomic E-state index is 0.0740. The van der Waals surface area contributed by atoms with Crippen LogP contribution >= 0.6 is 0 Å². The fourth-order valence-corrected chi connectivity index (χ4v) is 4.63. The van der Waals surface area contributed by atoms with Crippen LogP contribution in [-0.2, 0) is 11.2 Å². The molecule has 8 nitrogen and oxygen atoms in total. The Morgan fingerprint density at radius 2 is 1.42 bits per heavy atom. The van der Waals surface area contributed by atoms with Gasteiger partial charge in [-0.25, -0.2) is 4.79 Å². The standard InChI is InChI=1S/C28H36O8/c1-10-14(2)28(30)36-27-21-17(12-19(31-5)25(27)34-8)11-15(3)16(4)23(29)18-13-20(32-6)24(33-7)26(35-9)22(18)21/h10,12-13,15-16,23,29H,11H2,1-9H3/b14-10-/t15-,16+,23-/m0/s1. The first-order valence-electron chi connectivity index (χ1n) is 11.8. The summed E-state index contributed by atoms with van der Waals surface area (Å²) in [6, 6.07) is 3.63. The maximum atomic E-state index is 13.0. The zero-order valence-corrected chi connectivity index (χ0v) is 22.5. The summed E-state index contributed by atoms with van der Waals surface area (Å²) >= 11 is 0. The van der Waals surface area contributed by atoms with Gasteiger partial charge in [0, 0.05) is 16.7 Å². The molecule has 2 aromatic rings. The molecule has 1 aliphatic carbocycles. The molecule has 0 heterocycles. The zero-order chi connectivity index (χ0) is 26.7. The van der Waals surface area contributed by atoms with Gasteiger partial charge in [-0.05, 0) is 55.4 Å². The third kappa shape index (κ3) is 4.57. The fourth-order valence-electron chi connectivity index (χ4n) is 4.63. The Kier molecular flexibility index (Phi) is 8.40. The number of carbonyl (C=O) groups is 1. The van der Waals surface area contributed by atoms with Crippen LogP contribution in [0, 0.1) is 11.8 Å². The normalized spacial score (nSPS) is 19.3. The maximum absolute atomic E-state index is 13.0. The van der Waals surface area contributed by atoms with Crippen molar-refractivity contribution in [1.82, 2.24) is 0 Å². The number of esters is 1. The predicted molar refractivity (Wildman–Crippen MR) is 137 cm³/mol. The van der Waals surface area contributed by atoms with Crippen LogP contribution in [0.3, 0.4) is 0 Å². The van der Waals surface area contributed by atoms with Crippen molar-refractivity contribution >= 4 is 5.97 Å². The Labute approximate surface area is 212 Å². The molecule has 0 unspecified atom stereocenters. The van der Waals surface area contributed by atoms with Gasteiger partial charge in [-0.3, -0.25) is 0 Å². The molecule has 1 N–H and O–H groups in total. The smallest absolute Gasteiger partial charge is 0.338 e. The lowest BCUT2D eigenvalue weighted by Gasteiger charge is -2.33. The quantitative estimate of drug-likeness (QED) is 0.318. The minimum Gasteiger partial charge on any atom is -0.493 e. The van der Waals surface area contributed by atoms with Crippen molar-refractivity contribution in [3.05, 3.63) is 34.9 Å². The summed E-state index contributed by atoms with van der Waals surface area (Å²) in [5.74, 6) is 1.42. The number of aliphatic hydroxyl groups excluding tert-OH is 1. The molecule has 3 atom stereocenters. The van der Waals surface area contributed by atoms with E-state index in [4.69, 9.17) is 28.4 Å². The van der Waals surface area contributed by atoms with E-state index in [-0.39, 0.29) is 23.3 Å². The second-order valence-corrected chi connectivity index (χ2v) is 8.93. The molecule has 3 rings (SSSR count). The number of methoxy groups -OCH3 is 5. The first kappa shape index (κ1) is 27.2. The average Bonchev–Trinajstić information content (AvgIpc) is 2.89. The van der Waals surface area contributed by atoms with E-state index in [0.29, 0.717) is 51.7 Å². The van der Waals surface area contributed by atoms with Crippen molar-refractivity contribution in [2.75, 3.05) is 35.5 Å². The summed E-state index contributed by atoms with van der Waals surface area (Å²) < 4.78 is 34.4. The summed E-state index contributed by atoms with van der Waals surface area (Å²) in [6.07, 6.45) is 1.40. The predicted octanol–water partition coefficient (Wildman–Crippen LogP) is 5.13. The van der Waals surface area contributed by atoms with Crippen molar-refractivity contribution in [3.63, 3.8) is 0 Å². The molecule has 0 aromatic heterocycles. The van der Waals surface area contributed by atoms with E-state index < -0.39 is 12.1 Å². The highest BCUT2D eigenvalue weighted by Gasteiger charge is 2.37. The molecule has 196 valence electrons. The average molecular weight is 501 g/mol. The Balaban J connectivity index is 2.57. The van der Waals surface area contributed by atoms with E-state index in [1.54, 1.807) is 26.0 Å². The Morgan fingerprint density at radius 3 is 1.94 bits per heavy atom. The first-order valence-corrected chi connectivity index (χ1v) is 11.8. The lowest BCUT2D eigenvalue weighted by atomic mass is 9.76. The fraction of sp³-hybridized carbons (Fsp3) is 0.464. The minimum atomic E-state index is -0.856. The van der Waals surface area contributed by atoms with Crippen molar-refractivity contribution in [3.8, 4) is 45.6 Å².